The lowest BCUT2D eigenvalue weighted by atomic mass is 10.2. The Morgan fingerprint density at radius 3 is 3.05 bits per heavy atom. The van der Waals surface area contributed by atoms with Crippen LogP contribution in [0.25, 0.3) is 0 Å². The number of hydrogen-bond donors (Lipinski definition) is 1. The van der Waals surface area contributed by atoms with E-state index in [1.54, 1.807) is 37.8 Å². The summed E-state index contributed by atoms with van der Waals surface area (Å²) in [6.07, 6.45) is 7.03. The fraction of sp³-hybridized carbons (Fsp3) is 0.357. The number of nitrogens with one attached hydrogen (secondary N) is 1. The number of esters is 1. The van der Waals surface area contributed by atoms with Crippen LogP contribution in [0.2, 0.25) is 0 Å². The number of imidazole rings is 1. The summed E-state index contributed by atoms with van der Waals surface area (Å²) in [6.45, 7) is 4.88. The van der Waals surface area contributed by atoms with E-state index in [0.717, 1.165) is 6.54 Å². The number of nitrogens with zero attached hydrogens (tertiary/aromatic N) is 3. The van der Waals surface area contributed by atoms with Crippen LogP contribution in [-0.4, -0.2) is 33.2 Å². The fourth-order valence-corrected chi connectivity index (χ4v) is 1.88. The van der Waals surface area contributed by atoms with Gasteiger partial charge in [0.25, 0.3) is 0 Å². The zero-order valence-corrected chi connectivity index (χ0v) is 11.6. The molecule has 1 unspecified atom stereocenters. The highest BCUT2D eigenvalue weighted by atomic mass is 16.5. The van der Waals surface area contributed by atoms with Gasteiger partial charge >= 0.3 is 5.97 Å². The molecule has 2 aromatic heterocycles. The minimum absolute atomic E-state index is 0.104. The molecule has 0 spiro atoms. The molecule has 0 radical (unpaired) electrons. The van der Waals surface area contributed by atoms with Crippen LogP contribution in [0.3, 0.4) is 0 Å². The van der Waals surface area contributed by atoms with Crippen LogP contribution >= 0.6 is 0 Å². The lowest BCUT2D eigenvalue weighted by Crippen LogP contribution is -2.23. The van der Waals surface area contributed by atoms with E-state index in [-0.39, 0.29) is 12.0 Å². The maximum absolute atomic E-state index is 11.8. The maximum Gasteiger partial charge on any atom is 0.341 e. The molecule has 6 heteroatoms. The van der Waals surface area contributed by atoms with Crippen molar-refractivity contribution in [3.63, 3.8) is 0 Å². The largest absolute Gasteiger partial charge is 0.462 e. The molecule has 2 aromatic rings. The molecule has 106 valence electrons. The smallest absolute Gasteiger partial charge is 0.341 e. The standard InChI is InChI=1S/C14H18N4O2/c1-3-20-14(19)12-5-4-6-16-13(12)17-11(2)9-18-8-7-15-10-18/h4-8,10-11H,3,9H2,1-2H3,(H,16,17). The van der Waals surface area contributed by atoms with Gasteiger partial charge in [-0.1, -0.05) is 0 Å². The summed E-state index contributed by atoms with van der Waals surface area (Å²) in [4.78, 5) is 20.1. The molecular formula is C14H18N4O2. The number of ether oxygens (including phenoxy) is 1. The Kier molecular flexibility index (Phi) is 4.70. The van der Waals surface area contributed by atoms with E-state index < -0.39 is 0 Å². The number of aromatic nitrogens is 3. The SMILES string of the molecule is CCOC(=O)c1cccnc1NC(C)Cn1ccnc1. The van der Waals surface area contributed by atoms with Gasteiger partial charge in [0, 0.05) is 31.2 Å². The molecule has 0 amide bonds. The van der Waals surface area contributed by atoms with Crippen molar-refractivity contribution in [2.45, 2.75) is 26.4 Å². The van der Waals surface area contributed by atoms with Crippen molar-refractivity contribution in [1.82, 2.24) is 14.5 Å². The van der Waals surface area contributed by atoms with Crippen LogP contribution in [0.15, 0.2) is 37.1 Å². The summed E-state index contributed by atoms with van der Waals surface area (Å²) in [5.41, 5.74) is 0.451. The van der Waals surface area contributed by atoms with Crippen molar-refractivity contribution < 1.29 is 9.53 Å². The van der Waals surface area contributed by atoms with E-state index in [1.165, 1.54) is 0 Å². The van der Waals surface area contributed by atoms with Crippen LogP contribution in [0.1, 0.15) is 24.2 Å². The zero-order chi connectivity index (χ0) is 14.4. The predicted octanol–water partition coefficient (Wildman–Crippen LogP) is 1.96. The van der Waals surface area contributed by atoms with E-state index in [9.17, 15) is 4.79 Å². The van der Waals surface area contributed by atoms with E-state index in [2.05, 4.69) is 15.3 Å². The van der Waals surface area contributed by atoms with Gasteiger partial charge in [-0.3, -0.25) is 0 Å². The highest BCUT2D eigenvalue weighted by Gasteiger charge is 2.14. The molecule has 0 saturated heterocycles. The first kappa shape index (κ1) is 14.0. The second-order valence-corrected chi connectivity index (χ2v) is 4.42. The van der Waals surface area contributed by atoms with E-state index in [0.29, 0.717) is 18.0 Å². The number of hydrogen-bond acceptors (Lipinski definition) is 5. The van der Waals surface area contributed by atoms with E-state index in [1.807, 2.05) is 17.7 Å². The third-order valence-electron chi connectivity index (χ3n) is 2.73. The topological polar surface area (TPSA) is 69.0 Å². The molecule has 6 nitrogen and oxygen atoms in total. The maximum atomic E-state index is 11.8. The third kappa shape index (κ3) is 3.57. The van der Waals surface area contributed by atoms with Gasteiger partial charge in [-0.05, 0) is 26.0 Å². The van der Waals surface area contributed by atoms with Crippen LogP contribution in [0, 0.1) is 0 Å². The molecule has 2 heterocycles. The Bertz CT molecular complexity index is 554. The molecule has 2 rings (SSSR count). The molecule has 0 bridgehead atoms. The van der Waals surface area contributed by atoms with Crippen molar-refractivity contribution in [1.29, 1.82) is 0 Å². The third-order valence-corrected chi connectivity index (χ3v) is 2.73. The first-order chi connectivity index (χ1) is 9.70. The monoisotopic (exact) mass is 274 g/mol. The molecule has 0 aliphatic heterocycles. The molecule has 1 N–H and O–H groups in total. The van der Waals surface area contributed by atoms with Crippen LogP contribution < -0.4 is 5.32 Å². The molecule has 0 aliphatic carbocycles. The van der Waals surface area contributed by atoms with Crippen molar-refractivity contribution in [3.8, 4) is 0 Å². The minimum atomic E-state index is -0.363. The number of anilines is 1. The lowest BCUT2D eigenvalue weighted by Gasteiger charge is -2.16. The molecule has 20 heavy (non-hydrogen) atoms. The summed E-state index contributed by atoms with van der Waals surface area (Å²) in [5.74, 6) is 0.177. The van der Waals surface area contributed by atoms with Gasteiger partial charge in [0.1, 0.15) is 11.4 Å². The van der Waals surface area contributed by atoms with Gasteiger partial charge < -0.3 is 14.6 Å². The molecule has 0 aliphatic rings. The molecule has 0 saturated carbocycles. The predicted molar refractivity (Wildman–Crippen MR) is 75.5 cm³/mol. The van der Waals surface area contributed by atoms with Crippen LogP contribution in [0.5, 0.6) is 0 Å². The van der Waals surface area contributed by atoms with Crippen molar-refractivity contribution in [2.75, 3.05) is 11.9 Å². The van der Waals surface area contributed by atoms with Gasteiger partial charge in [-0.15, -0.1) is 0 Å². The van der Waals surface area contributed by atoms with Gasteiger partial charge in [0.2, 0.25) is 0 Å². The molecule has 0 fully saturated rings. The minimum Gasteiger partial charge on any atom is -0.462 e. The van der Waals surface area contributed by atoms with Crippen LogP contribution in [0.4, 0.5) is 5.82 Å². The highest BCUT2D eigenvalue weighted by molar-refractivity contribution is 5.94. The van der Waals surface area contributed by atoms with Gasteiger partial charge in [0.15, 0.2) is 0 Å². The number of carbonyl (C=O) groups excluding carboxylic acids is 1. The first-order valence-corrected chi connectivity index (χ1v) is 6.55. The normalized spacial score (nSPS) is 11.9. The summed E-state index contributed by atoms with van der Waals surface area (Å²) in [6, 6.07) is 3.53. The van der Waals surface area contributed by atoms with Gasteiger partial charge in [0.05, 0.1) is 12.9 Å². The Hall–Kier alpha value is -2.37. The van der Waals surface area contributed by atoms with Crippen LogP contribution in [-0.2, 0) is 11.3 Å². The van der Waals surface area contributed by atoms with Crippen molar-refractivity contribution in [2.24, 2.45) is 0 Å². The Morgan fingerprint density at radius 2 is 2.35 bits per heavy atom. The van der Waals surface area contributed by atoms with Gasteiger partial charge in [-0.25, -0.2) is 14.8 Å². The molecule has 0 aromatic carbocycles. The van der Waals surface area contributed by atoms with E-state index >= 15 is 0 Å². The van der Waals surface area contributed by atoms with E-state index in [4.69, 9.17) is 4.74 Å². The zero-order valence-electron chi connectivity index (χ0n) is 11.6. The summed E-state index contributed by atoms with van der Waals surface area (Å²) < 4.78 is 6.98. The van der Waals surface area contributed by atoms with Gasteiger partial charge in [-0.2, -0.15) is 0 Å². The first-order valence-electron chi connectivity index (χ1n) is 6.55. The summed E-state index contributed by atoms with van der Waals surface area (Å²) in [5, 5.41) is 3.23. The number of rotatable bonds is 6. The average Bonchev–Trinajstić information content (AvgIpc) is 2.92. The quantitative estimate of drug-likeness (QED) is 0.815. The number of carbonyl (C=O) groups is 1. The average molecular weight is 274 g/mol. The Labute approximate surface area is 117 Å². The molecular weight excluding hydrogens is 256 g/mol. The lowest BCUT2D eigenvalue weighted by molar-refractivity contribution is 0.0527. The second-order valence-electron chi connectivity index (χ2n) is 4.42. The Morgan fingerprint density at radius 1 is 1.50 bits per heavy atom. The van der Waals surface area contributed by atoms with Crippen molar-refractivity contribution in [3.05, 3.63) is 42.6 Å². The second kappa shape index (κ2) is 6.70. The number of pyridine rings is 1. The fourth-order valence-electron chi connectivity index (χ4n) is 1.88. The highest BCUT2D eigenvalue weighted by Crippen LogP contribution is 2.14. The summed E-state index contributed by atoms with van der Waals surface area (Å²) in [7, 11) is 0. The summed E-state index contributed by atoms with van der Waals surface area (Å²) >= 11 is 0. The molecule has 1 atom stereocenters. The van der Waals surface area contributed by atoms with Crippen molar-refractivity contribution >= 4 is 11.8 Å². The Balaban J connectivity index is 2.06.